The summed E-state index contributed by atoms with van der Waals surface area (Å²) in [6.07, 6.45) is 0. The quantitative estimate of drug-likeness (QED) is 0.159. The number of para-hydroxylation sites is 3. The molecule has 10 aromatic rings. The van der Waals surface area contributed by atoms with Crippen molar-refractivity contribution in [2.24, 2.45) is 0 Å². The maximum absolute atomic E-state index is 2.46. The molecule has 1 aliphatic carbocycles. The number of hydrogen-bond donors (Lipinski definition) is 0. The minimum absolute atomic E-state index is 0.504. The van der Waals surface area contributed by atoms with Gasteiger partial charge in [0.1, 0.15) is 0 Å². The summed E-state index contributed by atoms with van der Waals surface area (Å²) < 4.78 is 2.39. The Kier molecular flexibility index (Phi) is 7.75. The maximum atomic E-state index is 2.46. The molecule has 0 radical (unpaired) electrons. The van der Waals surface area contributed by atoms with Crippen LogP contribution >= 0.6 is 0 Å². The lowest BCUT2D eigenvalue weighted by Gasteiger charge is -2.35. The number of benzene rings is 9. The van der Waals surface area contributed by atoms with Crippen molar-refractivity contribution in [3.8, 4) is 27.9 Å². The molecule has 268 valence electrons. The fourth-order valence-electron chi connectivity index (χ4n) is 9.48. The van der Waals surface area contributed by atoms with E-state index in [9.17, 15) is 0 Å². The fraction of sp³-hybridized carbons (Fsp3) is 0.0182. The van der Waals surface area contributed by atoms with Gasteiger partial charge in [0.05, 0.1) is 22.1 Å². The van der Waals surface area contributed by atoms with Gasteiger partial charge in [-0.05, 0) is 93.5 Å². The third kappa shape index (κ3) is 5.11. The highest BCUT2D eigenvalue weighted by Crippen LogP contribution is 2.57. The molecule has 0 amide bonds. The van der Waals surface area contributed by atoms with Gasteiger partial charge in [-0.3, -0.25) is 0 Å². The molecule has 0 unspecified atom stereocenters. The molecule has 9 aromatic carbocycles. The predicted octanol–water partition coefficient (Wildman–Crippen LogP) is 14.3. The first-order valence-electron chi connectivity index (χ1n) is 19.7. The average Bonchev–Trinajstić information content (AvgIpc) is 3.78. The molecule has 1 heterocycles. The topological polar surface area (TPSA) is 8.17 Å². The Bertz CT molecular complexity index is 2960. The number of anilines is 3. The zero-order valence-corrected chi connectivity index (χ0v) is 31.3. The number of nitrogens with zero attached hydrogens (tertiary/aromatic N) is 2. The van der Waals surface area contributed by atoms with Crippen molar-refractivity contribution >= 4 is 38.9 Å². The number of hydrogen-bond acceptors (Lipinski definition) is 1. The van der Waals surface area contributed by atoms with Crippen LogP contribution in [0.5, 0.6) is 0 Å². The second-order valence-corrected chi connectivity index (χ2v) is 14.9. The second kappa shape index (κ2) is 13.4. The van der Waals surface area contributed by atoms with E-state index in [1.54, 1.807) is 0 Å². The van der Waals surface area contributed by atoms with Crippen molar-refractivity contribution in [2.75, 3.05) is 4.90 Å². The van der Waals surface area contributed by atoms with Crippen LogP contribution in [-0.4, -0.2) is 4.57 Å². The van der Waals surface area contributed by atoms with Gasteiger partial charge in [-0.1, -0.05) is 176 Å². The Labute approximate surface area is 333 Å². The monoisotopic (exact) mass is 726 g/mol. The first-order chi connectivity index (χ1) is 28.3. The van der Waals surface area contributed by atoms with E-state index in [4.69, 9.17) is 0 Å². The zero-order valence-electron chi connectivity index (χ0n) is 31.3. The summed E-state index contributed by atoms with van der Waals surface area (Å²) in [7, 11) is 0. The highest BCUT2D eigenvalue weighted by Gasteiger charge is 2.46. The molecule has 0 saturated heterocycles. The summed E-state index contributed by atoms with van der Waals surface area (Å²) in [4.78, 5) is 2.45. The average molecular weight is 727 g/mol. The summed E-state index contributed by atoms with van der Waals surface area (Å²) in [5, 5.41) is 2.52. The third-order valence-electron chi connectivity index (χ3n) is 11.9. The molecule has 0 N–H and O–H groups in total. The van der Waals surface area contributed by atoms with Gasteiger partial charge in [0.25, 0.3) is 0 Å². The van der Waals surface area contributed by atoms with Crippen LogP contribution in [0.2, 0.25) is 0 Å². The van der Waals surface area contributed by atoms with Crippen LogP contribution in [0.3, 0.4) is 0 Å². The third-order valence-corrected chi connectivity index (χ3v) is 11.9. The Morgan fingerprint density at radius 3 is 1.49 bits per heavy atom. The standard InChI is InChI=1S/C55H38N2/c1-4-18-39(19-5-1)45-24-11-15-29-52(45)56(42-32-34-43(35-33-42)57-53-30-16-12-26-48(53)49-27-13-17-31-54(49)57)44-36-37-47-46-25-10-14-28-50(46)55(51(47)38-44,40-20-6-2-7-21-40)41-22-8-3-9-23-41/h1-38H. The molecule has 0 bridgehead atoms. The summed E-state index contributed by atoms with van der Waals surface area (Å²) >= 11 is 0. The molecule has 11 rings (SSSR count). The van der Waals surface area contributed by atoms with Gasteiger partial charge in [0, 0.05) is 33.4 Å². The van der Waals surface area contributed by atoms with Crippen molar-refractivity contribution < 1.29 is 0 Å². The van der Waals surface area contributed by atoms with Gasteiger partial charge in [0.2, 0.25) is 0 Å². The molecular formula is C55H38N2. The van der Waals surface area contributed by atoms with Gasteiger partial charge in [-0.15, -0.1) is 0 Å². The minimum atomic E-state index is -0.504. The lowest BCUT2D eigenvalue weighted by atomic mass is 9.67. The first-order valence-corrected chi connectivity index (χ1v) is 19.7. The van der Waals surface area contributed by atoms with Crippen molar-refractivity contribution in [2.45, 2.75) is 5.41 Å². The summed E-state index contributed by atoms with van der Waals surface area (Å²) in [6, 6.07) is 84.2. The van der Waals surface area contributed by atoms with Crippen LogP contribution in [0.4, 0.5) is 17.1 Å². The van der Waals surface area contributed by atoms with E-state index >= 15 is 0 Å². The summed E-state index contributed by atoms with van der Waals surface area (Å²) in [5.41, 5.74) is 16.3. The summed E-state index contributed by atoms with van der Waals surface area (Å²) in [5.74, 6) is 0. The van der Waals surface area contributed by atoms with E-state index in [0.717, 1.165) is 22.7 Å². The van der Waals surface area contributed by atoms with E-state index in [1.165, 1.54) is 66.3 Å². The Balaban J connectivity index is 1.15. The van der Waals surface area contributed by atoms with E-state index in [1.807, 2.05) is 0 Å². The van der Waals surface area contributed by atoms with Crippen molar-refractivity contribution in [3.63, 3.8) is 0 Å². The molecule has 0 saturated carbocycles. The van der Waals surface area contributed by atoms with Crippen LogP contribution in [0, 0.1) is 0 Å². The molecule has 0 atom stereocenters. The molecule has 0 spiro atoms. The highest BCUT2D eigenvalue weighted by molar-refractivity contribution is 6.09. The van der Waals surface area contributed by atoms with Crippen LogP contribution in [0.15, 0.2) is 231 Å². The van der Waals surface area contributed by atoms with Crippen molar-refractivity contribution in [1.29, 1.82) is 0 Å². The largest absolute Gasteiger partial charge is 0.310 e. The number of aromatic nitrogens is 1. The number of rotatable bonds is 7. The smallest absolute Gasteiger partial charge is 0.0714 e. The molecule has 0 fully saturated rings. The Morgan fingerprint density at radius 2 is 0.842 bits per heavy atom. The van der Waals surface area contributed by atoms with Crippen LogP contribution < -0.4 is 4.90 Å². The normalized spacial score (nSPS) is 12.7. The van der Waals surface area contributed by atoms with Gasteiger partial charge >= 0.3 is 0 Å². The SMILES string of the molecule is c1ccc(-c2ccccc2N(c2ccc(-n3c4ccccc4c4ccccc43)cc2)c2ccc3c(c2)C(c2ccccc2)(c2ccccc2)c2ccccc2-3)cc1. The van der Waals surface area contributed by atoms with Gasteiger partial charge in [-0.2, -0.15) is 0 Å². The molecule has 0 aliphatic heterocycles. The molecule has 2 nitrogen and oxygen atoms in total. The Morgan fingerprint density at radius 1 is 0.351 bits per heavy atom. The second-order valence-electron chi connectivity index (χ2n) is 14.9. The van der Waals surface area contributed by atoms with E-state index < -0.39 is 5.41 Å². The molecule has 1 aliphatic rings. The molecule has 57 heavy (non-hydrogen) atoms. The molecule has 1 aromatic heterocycles. The van der Waals surface area contributed by atoms with Gasteiger partial charge in [-0.25, -0.2) is 0 Å². The van der Waals surface area contributed by atoms with Gasteiger partial charge < -0.3 is 9.47 Å². The van der Waals surface area contributed by atoms with Crippen LogP contribution in [0.1, 0.15) is 22.3 Å². The fourth-order valence-corrected chi connectivity index (χ4v) is 9.48. The predicted molar refractivity (Wildman–Crippen MR) is 238 cm³/mol. The Hall–Kier alpha value is -7.42. The highest BCUT2D eigenvalue weighted by atomic mass is 15.1. The van der Waals surface area contributed by atoms with E-state index in [0.29, 0.717) is 0 Å². The van der Waals surface area contributed by atoms with Crippen molar-refractivity contribution in [1.82, 2.24) is 4.57 Å². The van der Waals surface area contributed by atoms with Gasteiger partial charge in [0.15, 0.2) is 0 Å². The lowest BCUT2D eigenvalue weighted by molar-refractivity contribution is 0.768. The lowest BCUT2D eigenvalue weighted by Crippen LogP contribution is -2.28. The van der Waals surface area contributed by atoms with Crippen LogP contribution in [-0.2, 0) is 5.41 Å². The van der Waals surface area contributed by atoms with E-state index in [2.05, 4.69) is 240 Å². The van der Waals surface area contributed by atoms with Crippen LogP contribution in [0.25, 0.3) is 49.7 Å². The maximum Gasteiger partial charge on any atom is 0.0714 e. The number of fused-ring (bicyclic) bond motifs is 6. The molecule has 2 heteroatoms. The minimum Gasteiger partial charge on any atom is -0.310 e. The molecular weight excluding hydrogens is 689 g/mol. The van der Waals surface area contributed by atoms with E-state index in [-0.39, 0.29) is 0 Å². The first kappa shape index (κ1) is 33.0. The summed E-state index contributed by atoms with van der Waals surface area (Å²) in [6.45, 7) is 0. The van der Waals surface area contributed by atoms with Crippen molar-refractivity contribution in [3.05, 3.63) is 253 Å². The zero-order chi connectivity index (χ0) is 37.8.